The SMILES string of the molecule is CCOC(=O)C(c1ccc(SC)cc1)N(C)C. The van der Waals surface area contributed by atoms with Crippen molar-refractivity contribution in [3.63, 3.8) is 0 Å². The summed E-state index contributed by atoms with van der Waals surface area (Å²) in [6.07, 6.45) is 2.03. The standard InChI is InChI=1S/C13H19NO2S/c1-5-16-13(15)12(14(2)3)10-6-8-11(17-4)9-7-10/h6-9,12H,5H2,1-4H3. The first-order valence-electron chi connectivity index (χ1n) is 5.57. The average Bonchev–Trinajstić information content (AvgIpc) is 2.30. The van der Waals surface area contributed by atoms with Crippen molar-refractivity contribution in [3.05, 3.63) is 29.8 Å². The van der Waals surface area contributed by atoms with E-state index >= 15 is 0 Å². The lowest BCUT2D eigenvalue weighted by Gasteiger charge is -2.22. The fraction of sp³-hybridized carbons (Fsp3) is 0.462. The molecule has 1 rings (SSSR count). The lowest BCUT2D eigenvalue weighted by Crippen LogP contribution is -2.29. The van der Waals surface area contributed by atoms with Gasteiger partial charge in [0.15, 0.2) is 0 Å². The van der Waals surface area contributed by atoms with Crippen molar-refractivity contribution >= 4 is 17.7 Å². The summed E-state index contributed by atoms with van der Waals surface area (Å²) in [4.78, 5) is 14.9. The van der Waals surface area contributed by atoms with Gasteiger partial charge < -0.3 is 4.74 Å². The number of benzene rings is 1. The van der Waals surface area contributed by atoms with E-state index in [0.29, 0.717) is 6.61 Å². The van der Waals surface area contributed by atoms with E-state index < -0.39 is 0 Å². The van der Waals surface area contributed by atoms with Crippen LogP contribution < -0.4 is 0 Å². The van der Waals surface area contributed by atoms with Crippen molar-refractivity contribution in [2.45, 2.75) is 17.9 Å². The molecule has 0 aromatic heterocycles. The van der Waals surface area contributed by atoms with Crippen LogP contribution in [-0.4, -0.2) is 37.8 Å². The Kier molecular flexibility index (Phi) is 5.51. The average molecular weight is 253 g/mol. The molecular formula is C13H19NO2S. The maximum absolute atomic E-state index is 11.9. The molecule has 1 aromatic carbocycles. The summed E-state index contributed by atoms with van der Waals surface area (Å²) in [5, 5.41) is 0. The van der Waals surface area contributed by atoms with Gasteiger partial charge in [-0.15, -0.1) is 11.8 Å². The van der Waals surface area contributed by atoms with Crippen LogP contribution in [0.25, 0.3) is 0 Å². The number of hydrogen-bond donors (Lipinski definition) is 0. The van der Waals surface area contributed by atoms with Gasteiger partial charge in [0.05, 0.1) is 6.61 Å². The van der Waals surface area contributed by atoms with E-state index in [1.54, 1.807) is 11.8 Å². The summed E-state index contributed by atoms with van der Waals surface area (Å²) >= 11 is 1.69. The molecule has 0 heterocycles. The van der Waals surface area contributed by atoms with Crippen LogP contribution in [0.2, 0.25) is 0 Å². The second kappa shape index (κ2) is 6.67. The number of carbonyl (C=O) groups excluding carboxylic acids is 1. The normalized spacial score (nSPS) is 12.5. The van der Waals surface area contributed by atoms with Gasteiger partial charge in [-0.25, -0.2) is 4.79 Å². The molecule has 1 atom stereocenters. The Morgan fingerprint density at radius 2 is 1.94 bits per heavy atom. The van der Waals surface area contributed by atoms with E-state index in [2.05, 4.69) is 0 Å². The molecule has 0 aliphatic carbocycles. The number of hydrogen-bond acceptors (Lipinski definition) is 4. The van der Waals surface area contributed by atoms with Gasteiger partial charge >= 0.3 is 5.97 Å². The molecule has 0 aliphatic rings. The lowest BCUT2D eigenvalue weighted by atomic mass is 10.1. The van der Waals surface area contributed by atoms with Gasteiger partial charge in [0.2, 0.25) is 0 Å². The Hall–Kier alpha value is -1.00. The molecule has 0 saturated heterocycles. The maximum atomic E-state index is 11.9. The zero-order valence-corrected chi connectivity index (χ0v) is 11.6. The Morgan fingerprint density at radius 1 is 1.35 bits per heavy atom. The van der Waals surface area contributed by atoms with Gasteiger partial charge in [0.1, 0.15) is 6.04 Å². The maximum Gasteiger partial charge on any atom is 0.327 e. The zero-order valence-electron chi connectivity index (χ0n) is 10.8. The van der Waals surface area contributed by atoms with Crippen LogP contribution in [-0.2, 0) is 9.53 Å². The highest BCUT2D eigenvalue weighted by Crippen LogP contribution is 2.23. The number of rotatable bonds is 5. The lowest BCUT2D eigenvalue weighted by molar-refractivity contribution is -0.148. The molecule has 0 aliphatic heterocycles. The smallest absolute Gasteiger partial charge is 0.327 e. The predicted octanol–water partition coefficient (Wildman–Crippen LogP) is 2.57. The Morgan fingerprint density at radius 3 is 2.35 bits per heavy atom. The molecular weight excluding hydrogens is 234 g/mol. The third-order valence-corrected chi connectivity index (χ3v) is 3.20. The minimum absolute atomic E-state index is 0.200. The minimum atomic E-state index is -0.328. The van der Waals surface area contributed by atoms with Crippen LogP contribution in [0.15, 0.2) is 29.2 Å². The minimum Gasteiger partial charge on any atom is -0.465 e. The molecule has 17 heavy (non-hydrogen) atoms. The van der Waals surface area contributed by atoms with Gasteiger partial charge in [-0.1, -0.05) is 12.1 Å². The molecule has 0 radical (unpaired) electrons. The van der Waals surface area contributed by atoms with Crippen molar-refractivity contribution in [2.75, 3.05) is 27.0 Å². The number of nitrogens with zero attached hydrogens (tertiary/aromatic N) is 1. The molecule has 94 valence electrons. The van der Waals surface area contributed by atoms with E-state index in [4.69, 9.17) is 4.74 Å². The van der Waals surface area contributed by atoms with E-state index in [1.807, 2.05) is 56.4 Å². The third-order valence-electron chi connectivity index (χ3n) is 2.46. The molecule has 0 bridgehead atoms. The Labute approximate surface area is 107 Å². The fourth-order valence-electron chi connectivity index (χ4n) is 1.65. The fourth-order valence-corrected chi connectivity index (χ4v) is 2.06. The van der Waals surface area contributed by atoms with Crippen LogP contribution >= 0.6 is 11.8 Å². The summed E-state index contributed by atoms with van der Waals surface area (Å²) in [5.41, 5.74) is 0.964. The molecule has 1 aromatic rings. The van der Waals surface area contributed by atoms with Crippen LogP contribution in [0.5, 0.6) is 0 Å². The second-order valence-corrected chi connectivity index (χ2v) is 4.77. The van der Waals surface area contributed by atoms with Crippen LogP contribution in [0.1, 0.15) is 18.5 Å². The largest absolute Gasteiger partial charge is 0.465 e. The van der Waals surface area contributed by atoms with Crippen molar-refractivity contribution in [1.29, 1.82) is 0 Å². The molecule has 1 unspecified atom stereocenters. The molecule has 0 saturated carbocycles. The highest BCUT2D eigenvalue weighted by molar-refractivity contribution is 7.98. The van der Waals surface area contributed by atoms with Gasteiger partial charge in [0.25, 0.3) is 0 Å². The summed E-state index contributed by atoms with van der Waals surface area (Å²) in [5.74, 6) is -0.200. The number of likely N-dealkylation sites (N-methyl/N-ethyl adjacent to an activating group) is 1. The van der Waals surface area contributed by atoms with Gasteiger partial charge in [-0.2, -0.15) is 0 Å². The number of thioether (sulfide) groups is 1. The molecule has 4 heteroatoms. The van der Waals surface area contributed by atoms with Crippen molar-refractivity contribution in [3.8, 4) is 0 Å². The number of carbonyl (C=O) groups is 1. The first kappa shape index (κ1) is 14.1. The summed E-state index contributed by atoms with van der Waals surface area (Å²) < 4.78 is 5.09. The topological polar surface area (TPSA) is 29.5 Å². The van der Waals surface area contributed by atoms with E-state index in [9.17, 15) is 4.79 Å². The van der Waals surface area contributed by atoms with Crippen LogP contribution in [0.3, 0.4) is 0 Å². The quantitative estimate of drug-likeness (QED) is 0.596. The number of ether oxygens (including phenoxy) is 1. The third kappa shape index (κ3) is 3.75. The predicted molar refractivity (Wildman–Crippen MR) is 71.3 cm³/mol. The van der Waals surface area contributed by atoms with Gasteiger partial charge in [-0.05, 0) is 45.0 Å². The summed E-state index contributed by atoms with van der Waals surface area (Å²) in [6, 6.07) is 7.68. The molecule has 3 nitrogen and oxygen atoms in total. The first-order chi connectivity index (χ1) is 8.10. The number of esters is 1. The second-order valence-electron chi connectivity index (χ2n) is 3.89. The molecule has 0 amide bonds. The monoisotopic (exact) mass is 253 g/mol. The van der Waals surface area contributed by atoms with E-state index in [1.165, 1.54) is 4.90 Å². The highest BCUT2D eigenvalue weighted by atomic mass is 32.2. The highest BCUT2D eigenvalue weighted by Gasteiger charge is 2.23. The molecule has 0 fully saturated rings. The van der Waals surface area contributed by atoms with Crippen molar-refractivity contribution in [1.82, 2.24) is 4.90 Å². The molecule has 0 spiro atoms. The zero-order chi connectivity index (χ0) is 12.8. The van der Waals surface area contributed by atoms with Crippen LogP contribution in [0, 0.1) is 0 Å². The Balaban J connectivity index is 2.93. The first-order valence-corrected chi connectivity index (χ1v) is 6.79. The van der Waals surface area contributed by atoms with Gasteiger partial charge in [-0.3, -0.25) is 4.90 Å². The van der Waals surface area contributed by atoms with Crippen molar-refractivity contribution in [2.24, 2.45) is 0 Å². The van der Waals surface area contributed by atoms with Crippen molar-refractivity contribution < 1.29 is 9.53 Å². The summed E-state index contributed by atoms with van der Waals surface area (Å²) in [7, 11) is 3.76. The molecule has 0 N–H and O–H groups in total. The van der Waals surface area contributed by atoms with Gasteiger partial charge in [0, 0.05) is 4.90 Å². The van der Waals surface area contributed by atoms with E-state index in [-0.39, 0.29) is 12.0 Å². The van der Waals surface area contributed by atoms with E-state index in [0.717, 1.165) is 5.56 Å². The summed E-state index contributed by atoms with van der Waals surface area (Å²) in [6.45, 7) is 2.23. The van der Waals surface area contributed by atoms with Crippen LogP contribution in [0.4, 0.5) is 0 Å². The Bertz CT molecular complexity index is 362.